The van der Waals surface area contributed by atoms with E-state index < -0.39 is 16.0 Å². The molecule has 0 spiro atoms. The first-order valence-electron chi connectivity index (χ1n) is 8.10. The topological polar surface area (TPSA) is 86.3 Å². The minimum atomic E-state index is -3.83. The lowest BCUT2D eigenvalue weighted by atomic mass is 9.93. The van der Waals surface area contributed by atoms with Crippen molar-refractivity contribution in [1.82, 2.24) is 0 Å². The highest BCUT2D eigenvalue weighted by atomic mass is 32.2. The molecule has 0 aliphatic rings. The lowest BCUT2D eigenvalue weighted by molar-refractivity contribution is -0.255. The molecule has 0 aromatic heterocycles. The Morgan fingerprint density at radius 3 is 1.80 bits per heavy atom. The zero-order chi connectivity index (χ0) is 18.8. The van der Waals surface area contributed by atoms with Gasteiger partial charge in [-0.2, -0.15) is 0 Å². The number of carboxylic acid groups (broad SMARTS) is 1. The number of carbonyl (C=O) groups is 1. The summed E-state index contributed by atoms with van der Waals surface area (Å²) in [6.45, 7) is 8.02. The first kappa shape index (κ1) is 19.0. The van der Waals surface area contributed by atoms with Gasteiger partial charge in [0, 0.05) is 0 Å². The second-order valence-electron chi connectivity index (χ2n) is 6.54. The summed E-state index contributed by atoms with van der Waals surface area (Å²) in [7, 11) is -3.83. The van der Waals surface area contributed by atoms with Crippen LogP contribution >= 0.6 is 0 Å². The number of hydrogen-bond acceptors (Lipinski definition) is 4. The summed E-state index contributed by atoms with van der Waals surface area (Å²) >= 11 is 0. The van der Waals surface area contributed by atoms with Crippen LogP contribution in [0.15, 0.2) is 47.4 Å². The highest BCUT2D eigenvalue weighted by Gasteiger charge is 2.20. The molecule has 1 N–H and O–H groups in total. The van der Waals surface area contributed by atoms with Gasteiger partial charge in [-0.15, -0.1) is 0 Å². The predicted molar refractivity (Wildman–Crippen MR) is 96.2 cm³/mol. The van der Waals surface area contributed by atoms with Gasteiger partial charge in [0.1, 0.15) is 0 Å². The Kier molecular flexibility index (Phi) is 5.52. The third-order valence-corrected chi connectivity index (χ3v) is 5.38. The number of benzene rings is 2. The van der Waals surface area contributed by atoms with Gasteiger partial charge in [0.2, 0.25) is 0 Å². The van der Waals surface area contributed by atoms with E-state index >= 15 is 0 Å². The Hall–Kier alpha value is -2.34. The molecule has 2 aromatic carbocycles. The molecule has 2 aromatic rings. The molecule has 25 heavy (non-hydrogen) atoms. The molecule has 0 radical (unpaired) electrons. The third kappa shape index (κ3) is 4.20. The fraction of sp³-hybridized carbons (Fsp3) is 0.316. The first-order valence-corrected chi connectivity index (χ1v) is 9.59. The average Bonchev–Trinajstić information content (AvgIpc) is 2.54. The van der Waals surface area contributed by atoms with Crippen molar-refractivity contribution in [2.75, 3.05) is 4.72 Å². The molecule has 0 amide bonds. The fourth-order valence-corrected chi connectivity index (χ4v) is 3.75. The van der Waals surface area contributed by atoms with Crippen LogP contribution in [0.5, 0.6) is 0 Å². The van der Waals surface area contributed by atoms with Gasteiger partial charge in [-0.1, -0.05) is 58.0 Å². The van der Waals surface area contributed by atoms with E-state index in [0.29, 0.717) is 5.69 Å². The van der Waals surface area contributed by atoms with E-state index in [4.69, 9.17) is 0 Å². The quantitative estimate of drug-likeness (QED) is 0.857. The van der Waals surface area contributed by atoms with E-state index in [2.05, 4.69) is 4.72 Å². The summed E-state index contributed by atoms with van der Waals surface area (Å²) in [6, 6.07) is 10.7. The Morgan fingerprint density at radius 1 is 0.920 bits per heavy atom. The molecule has 0 bridgehead atoms. The molecule has 134 valence electrons. The average molecular weight is 360 g/mol. The van der Waals surface area contributed by atoms with Crippen LogP contribution in [-0.2, 0) is 10.0 Å². The van der Waals surface area contributed by atoms with E-state index in [-0.39, 0.29) is 22.3 Å². The number of sulfonamides is 1. The van der Waals surface area contributed by atoms with Crippen molar-refractivity contribution in [2.45, 2.75) is 44.4 Å². The van der Waals surface area contributed by atoms with Crippen LogP contribution in [0.4, 0.5) is 5.69 Å². The summed E-state index contributed by atoms with van der Waals surface area (Å²) in [5, 5.41) is 10.8. The molecule has 0 aliphatic heterocycles. The summed E-state index contributed by atoms with van der Waals surface area (Å²) in [5.74, 6) is -1.04. The van der Waals surface area contributed by atoms with Gasteiger partial charge < -0.3 is 9.90 Å². The minimum Gasteiger partial charge on any atom is -0.545 e. The van der Waals surface area contributed by atoms with Crippen molar-refractivity contribution in [1.29, 1.82) is 0 Å². The maximum atomic E-state index is 12.8. The van der Waals surface area contributed by atoms with Crippen molar-refractivity contribution >= 4 is 21.7 Å². The van der Waals surface area contributed by atoms with Gasteiger partial charge in [0.25, 0.3) is 10.0 Å². The second-order valence-corrected chi connectivity index (χ2v) is 8.22. The molecule has 0 atom stereocenters. The van der Waals surface area contributed by atoms with Crippen LogP contribution in [0.1, 0.15) is 61.0 Å². The monoisotopic (exact) mass is 360 g/mol. The highest BCUT2D eigenvalue weighted by Crippen LogP contribution is 2.33. The standard InChI is InChI=1S/C19H23NO4S/c1-12(2)16-6-5-7-17(13(3)4)18(16)20-25(23,24)15-10-8-14(9-11-15)19(21)22/h5-13,20H,1-4H3,(H,21,22)/p-1. The molecular weight excluding hydrogens is 338 g/mol. The van der Waals surface area contributed by atoms with Crippen LogP contribution < -0.4 is 9.83 Å². The first-order chi connectivity index (χ1) is 11.6. The van der Waals surface area contributed by atoms with Crippen molar-refractivity contribution in [3.8, 4) is 0 Å². The van der Waals surface area contributed by atoms with Gasteiger partial charge in [0.15, 0.2) is 0 Å². The van der Waals surface area contributed by atoms with Crippen LogP contribution in [0.2, 0.25) is 0 Å². The maximum Gasteiger partial charge on any atom is 0.261 e. The number of carboxylic acids is 1. The molecule has 0 saturated carbocycles. The van der Waals surface area contributed by atoms with Crippen LogP contribution in [0.25, 0.3) is 0 Å². The van der Waals surface area contributed by atoms with Crippen molar-refractivity contribution in [2.24, 2.45) is 0 Å². The van der Waals surface area contributed by atoms with Crippen LogP contribution in [0.3, 0.4) is 0 Å². The number of anilines is 1. The summed E-state index contributed by atoms with van der Waals surface area (Å²) in [6.07, 6.45) is 0. The SMILES string of the molecule is CC(C)c1cccc(C(C)C)c1NS(=O)(=O)c1ccc(C(=O)[O-])cc1. The number of para-hydroxylation sites is 1. The molecule has 0 saturated heterocycles. The fourth-order valence-electron chi connectivity index (χ4n) is 2.63. The number of carbonyl (C=O) groups excluding carboxylic acids is 1. The normalized spacial score (nSPS) is 11.8. The Morgan fingerprint density at radius 2 is 1.40 bits per heavy atom. The Bertz CT molecular complexity index is 843. The second kappa shape index (κ2) is 7.27. The molecule has 0 fully saturated rings. The molecule has 0 aliphatic carbocycles. The van der Waals surface area contributed by atoms with E-state index in [1.165, 1.54) is 24.3 Å². The number of hydrogen-bond donors (Lipinski definition) is 1. The summed E-state index contributed by atoms with van der Waals surface area (Å²) in [4.78, 5) is 10.8. The molecule has 0 unspecified atom stereocenters. The van der Waals surface area contributed by atoms with Crippen molar-refractivity contribution in [3.63, 3.8) is 0 Å². The van der Waals surface area contributed by atoms with E-state index in [9.17, 15) is 18.3 Å². The Balaban J connectivity index is 2.48. The van der Waals surface area contributed by atoms with Gasteiger partial charge in [-0.05, 0) is 40.7 Å². The lowest BCUT2D eigenvalue weighted by Crippen LogP contribution is -2.22. The molecule has 0 heterocycles. The van der Waals surface area contributed by atoms with Crippen molar-refractivity contribution in [3.05, 3.63) is 59.2 Å². The van der Waals surface area contributed by atoms with E-state index in [1.807, 2.05) is 45.9 Å². The van der Waals surface area contributed by atoms with Gasteiger partial charge >= 0.3 is 0 Å². The zero-order valence-corrected chi connectivity index (χ0v) is 15.6. The van der Waals surface area contributed by atoms with Gasteiger partial charge in [0.05, 0.1) is 16.6 Å². The Labute approximate surface area is 148 Å². The largest absolute Gasteiger partial charge is 0.545 e. The van der Waals surface area contributed by atoms with Crippen LogP contribution in [0, 0.1) is 0 Å². The predicted octanol–water partition coefficient (Wildman–Crippen LogP) is 3.10. The third-order valence-electron chi connectivity index (χ3n) is 4.01. The number of nitrogens with one attached hydrogen (secondary N) is 1. The summed E-state index contributed by atoms with van der Waals surface area (Å²) < 4.78 is 28.2. The maximum absolute atomic E-state index is 12.8. The summed E-state index contributed by atoms with van der Waals surface area (Å²) in [5.41, 5.74) is 2.36. The molecular formula is C19H22NO4S-. The van der Waals surface area contributed by atoms with E-state index in [0.717, 1.165) is 11.1 Å². The molecule has 6 heteroatoms. The highest BCUT2D eigenvalue weighted by molar-refractivity contribution is 7.92. The lowest BCUT2D eigenvalue weighted by Gasteiger charge is -2.21. The number of rotatable bonds is 6. The van der Waals surface area contributed by atoms with Gasteiger partial charge in [-0.3, -0.25) is 4.72 Å². The van der Waals surface area contributed by atoms with E-state index in [1.54, 1.807) is 0 Å². The van der Waals surface area contributed by atoms with Crippen LogP contribution in [-0.4, -0.2) is 14.4 Å². The smallest absolute Gasteiger partial charge is 0.261 e. The minimum absolute atomic E-state index is 0.00534. The van der Waals surface area contributed by atoms with Gasteiger partial charge in [-0.25, -0.2) is 8.42 Å². The van der Waals surface area contributed by atoms with Crippen molar-refractivity contribution < 1.29 is 18.3 Å². The molecule has 2 rings (SSSR count). The zero-order valence-electron chi connectivity index (χ0n) is 14.7. The molecule has 5 nitrogen and oxygen atoms in total. The number of aromatic carboxylic acids is 1.